The first kappa shape index (κ1) is 17.3. The van der Waals surface area contributed by atoms with Gasteiger partial charge in [-0.25, -0.2) is 4.79 Å². The smallest absolute Gasteiger partial charge is 0.409 e. The minimum atomic E-state index is -0.264. The second kappa shape index (κ2) is 9.20. The summed E-state index contributed by atoms with van der Waals surface area (Å²) in [6.07, 6.45) is 2.59. The van der Waals surface area contributed by atoms with Crippen LogP contribution in [-0.2, 0) is 4.74 Å². The van der Waals surface area contributed by atoms with Crippen LogP contribution in [0.4, 0.5) is 4.79 Å². The zero-order chi connectivity index (χ0) is 15.7. The van der Waals surface area contributed by atoms with Crippen LogP contribution in [0.15, 0.2) is 0 Å². The van der Waals surface area contributed by atoms with Crippen LogP contribution in [0.3, 0.4) is 0 Å². The van der Waals surface area contributed by atoms with Crippen molar-refractivity contribution in [3.63, 3.8) is 0 Å². The minimum absolute atomic E-state index is 0.0796. The molecule has 6 heteroatoms. The van der Waals surface area contributed by atoms with Gasteiger partial charge in [-0.05, 0) is 26.2 Å². The van der Waals surface area contributed by atoms with Crippen LogP contribution in [0.5, 0.6) is 0 Å². The number of ether oxygens (including phenoxy) is 1. The molecule has 1 fully saturated rings. The lowest BCUT2D eigenvalue weighted by Crippen LogP contribution is -2.46. The third-order valence-electron chi connectivity index (χ3n) is 3.93. The Morgan fingerprint density at radius 2 is 2.10 bits per heavy atom. The van der Waals surface area contributed by atoms with E-state index in [1.807, 2.05) is 0 Å². The fourth-order valence-electron chi connectivity index (χ4n) is 2.61. The summed E-state index contributed by atoms with van der Waals surface area (Å²) in [6, 6.07) is 4.57. The van der Waals surface area contributed by atoms with Gasteiger partial charge in [0.15, 0.2) is 0 Å². The summed E-state index contributed by atoms with van der Waals surface area (Å²) in [5.41, 5.74) is 0. The van der Waals surface area contributed by atoms with Gasteiger partial charge < -0.3 is 14.5 Å². The molecule has 1 heterocycles. The lowest BCUT2D eigenvalue weighted by atomic mass is 10.00. The Morgan fingerprint density at radius 3 is 2.62 bits per heavy atom. The molecule has 0 bridgehead atoms. The highest BCUT2D eigenvalue weighted by Gasteiger charge is 2.27. The number of amides is 1. The summed E-state index contributed by atoms with van der Waals surface area (Å²) in [4.78, 5) is 15.6. The first-order valence-corrected chi connectivity index (χ1v) is 7.50. The molecule has 0 unspecified atom stereocenters. The number of rotatable bonds is 6. The molecule has 0 spiro atoms. The molecule has 0 aromatic rings. The molecule has 0 N–H and O–H groups in total. The molecular formula is C15H24N4O2. The van der Waals surface area contributed by atoms with Gasteiger partial charge >= 0.3 is 6.09 Å². The van der Waals surface area contributed by atoms with Crippen molar-refractivity contribution in [1.29, 1.82) is 10.5 Å². The van der Waals surface area contributed by atoms with Crippen LogP contribution in [0.25, 0.3) is 0 Å². The zero-order valence-corrected chi connectivity index (χ0v) is 12.9. The van der Waals surface area contributed by atoms with Crippen molar-refractivity contribution in [2.45, 2.75) is 38.6 Å². The van der Waals surface area contributed by atoms with Crippen LogP contribution < -0.4 is 0 Å². The molecule has 0 saturated carbocycles. The molecule has 1 rings (SSSR count). The average molecular weight is 292 g/mol. The molecule has 0 aromatic carbocycles. The Labute approximate surface area is 126 Å². The number of hydrogen-bond acceptors (Lipinski definition) is 5. The Morgan fingerprint density at radius 1 is 1.43 bits per heavy atom. The van der Waals surface area contributed by atoms with E-state index in [-0.39, 0.29) is 18.1 Å². The van der Waals surface area contributed by atoms with Crippen LogP contribution in [0.2, 0.25) is 0 Å². The maximum absolute atomic E-state index is 11.7. The number of nitrogens with zero attached hydrogens (tertiary/aromatic N) is 4. The lowest BCUT2D eigenvalue weighted by molar-refractivity contribution is 0.0783. The standard InChI is InChI=1S/C15H24N4O2/c1-3-21-15(20)18(2)14-6-9-19(10-7-14)12-13(11-17)5-4-8-16/h13-14H,3-7,9-10,12H2,1-2H3/t13-/m0/s1. The monoisotopic (exact) mass is 292 g/mol. The van der Waals surface area contributed by atoms with Gasteiger partial charge in [0.05, 0.1) is 24.7 Å². The average Bonchev–Trinajstić information content (AvgIpc) is 2.51. The Balaban J connectivity index is 2.36. The molecule has 1 atom stereocenters. The molecule has 0 aromatic heterocycles. The molecule has 116 valence electrons. The van der Waals surface area contributed by atoms with Crippen LogP contribution in [-0.4, -0.2) is 55.2 Å². The van der Waals surface area contributed by atoms with E-state index >= 15 is 0 Å². The molecule has 0 aliphatic carbocycles. The number of carbonyl (C=O) groups is 1. The Hall–Kier alpha value is -1.79. The summed E-state index contributed by atoms with van der Waals surface area (Å²) in [7, 11) is 1.78. The highest BCUT2D eigenvalue weighted by Crippen LogP contribution is 2.18. The molecule has 0 radical (unpaired) electrons. The predicted molar refractivity (Wildman–Crippen MR) is 78.2 cm³/mol. The molecule has 21 heavy (non-hydrogen) atoms. The van der Waals surface area contributed by atoms with Crippen molar-refractivity contribution >= 4 is 6.09 Å². The van der Waals surface area contributed by atoms with Crippen LogP contribution in [0.1, 0.15) is 32.6 Å². The number of hydrogen-bond donors (Lipinski definition) is 0. The largest absolute Gasteiger partial charge is 0.450 e. The van der Waals surface area contributed by atoms with Crippen LogP contribution in [0, 0.1) is 28.6 Å². The quantitative estimate of drug-likeness (QED) is 0.747. The minimum Gasteiger partial charge on any atom is -0.450 e. The number of carbonyl (C=O) groups excluding carboxylic acids is 1. The van der Waals surface area contributed by atoms with Gasteiger partial charge in [0.25, 0.3) is 0 Å². The topological polar surface area (TPSA) is 80.4 Å². The van der Waals surface area contributed by atoms with Gasteiger partial charge in [-0.3, -0.25) is 0 Å². The highest BCUT2D eigenvalue weighted by atomic mass is 16.6. The number of nitriles is 2. The van der Waals surface area contributed by atoms with Crippen molar-refractivity contribution < 1.29 is 9.53 Å². The number of likely N-dealkylation sites (tertiary alicyclic amines) is 1. The van der Waals surface area contributed by atoms with E-state index in [0.717, 1.165) is 25.9 Å². The fourth-order valence-corrected chi connectivity index (χ4v) is 2.61. The van der Waals surface area contributed by atoms with Gasteiger partial charge in [-0.2, -0.15) is 10.5 Å². The Kier molecular flexibility index (Phi) is 7.56. The summed E-state index contributed by atoms with van der Waals surface area (Å²) in [5.74, 6) is -0.0796. The molecule has 1 aliphatic heterocycles. The predicted octanol–water partition coefficient (Wildman–Crippen LogP) is 1.98. The summed E-state index contributed by atoms with van der Waals surface area (Å²) >= 11 is 0. The summed E-state index contributed by atoms with van der Waals surface area (Å²) < 4.78 is 5.01. The molecule has 1 aliphatic rings. The molecule has 1 amide bonds. The fraction of sp³-hybridized carbons (Fsp3) is 0.800. The van der Waals surface area contributed by atoms with E-state index in [2.05, 4.69) is 17.0 Å². The number of piperidine rings is 1. The van der Waals surface area contributed by atoms with Crippen molar-refractivity contribution in [2.75, 3.05) is 33.3 Å². The van der Waals surface area contributed by atoms with Crippen LogP contribution >= 0.6 is 0 Å². The van der Waals surface area contributed by atoms with Crippen molar-refractivity contribution in [3.8, 4) is 12.1 Å². The van der Waals surface area contributed by atoms with Gasteiger partial charge in [0.1, 0.15) is 0 Å². The first-order valence-electron chi connectivity index (χ1n) is 7.50. The van der Waals surface area contributed by atoms with E-state index in [4.69, 9.17) is 15.3 Å². The zero-order valence-electron chi connectivity index (χ0n) is 12.9. The second-order valence-electron chi connectivity index (χ2n) is 5.36. The van der Waals surface area contributed by atoms with E-state index in [0.29, 0.717) is 26.0 Å². The summed E-state index contributed by atoms with van der Waals surface area (Å²) in [5, 5.41) is 17.7. The SMILES string of the molecule is CCOC(=O)N(C)C1CCN(C[C@H](C#N)CCC#N)CC1. The first-order chi connectivity index (χ1) is 10.1. The van der Waals surface area contributed by atoms with Gasteiger partial charge in [0.2, 0.25) is 0 Å². The molecule has 1 saturated heterocycles. The third kappa shape index (κ3) is 5.61. The van der Waals surface area contributed by atoms with Gasteiger partial charge in [-0.15, -0.1) is 0 Å². The van der Waals surface area contributed by atoms with Gasteiger partial charge in [0, 0.05) is 39.1 Å². The van der Waals surface area contributed by atoms with Gasteiger partial charge in [-0.1, -0.05) is 0 Å². The van der Waals surface area contributed by atoms with E-state index < -0.39 is 0 Å². The van der Waals surface area contributed by atoms with Crippen molar-refractivity contribution in [1.82, 2.24) is 9.80 Å². The van der Waals surface area contributed by atoms with Crippen molar-refractivity contribution in [3.05, 3.63) is 0 Å². The highest BCUT2D eigenvalue weighted by molar-refractivity contribution is 5.67. The third-order valence-corrected chi connectivity index (χ3v) is 3.93. The Bertz CT molecular complexity index is 405. The van der Waals surface area contributed by atoms with E-state index in [1.165, 1.54) is 0 Å². The normalized spacial score (nSPS) is 17.5. The second-order valence-corrected chi connectivity index (χ2v) is 5.36. The lowest BCUT2D eigenvalue weighted by Gasteiger charge is -2.36. The maximum Gasteiger partial charge on any atom is 0.409 e. The summed E-state index contributed by atoms with van der Waals surface area (Å²) in [6.45, 7) is 4.66. The maximum atomic E-state index is 11.7. The van der Waals surface area contributed by atoms with E-state index in [1.54, 1.807) is 18.9 Å². The molecule has 6 nitrogen and oxygen atoms in total. The van der Waals surface area contributed by atoms with Crippen molar-refractivity contribution in [2.24, 2.45) is 5.92 Å². The van der Waals surface area contributed by atoms with E-state index in [9.17, 15) is 4.79 Å². The molecular weight excluding hydrogens is 268 g/mol.